The smallest absolute Gasteiger partial charge is 0.295 e. The van der Waals surface area contributed by atoms with Crippen LogP contribution >= 0.6 is 0 Å². The maximum absolute atomic E-state index is 13.7. The molecule has 0 radical (unpaired) electrons. The summed E-state index contributed by atoms with van der Waals surface area (Å²) < 4.78 is 14.6. The Labute approximate surface area is 156 Å². The summed E-state index contributed by atoms with van der Waals surface area (Å²) in [5, 5.41) is 2.71. The number of hydrogen-bond acceptors (Lipinski definition) is 3. The van der Waals surface area contributed by atoms with Gasteiger partial charge in [-0.05, 0) is 55.3 Å². The Bertz CT molecular complexity index is 1040. The van der Waals surface area contributed by atoms with Crippen LogP contribution in [-0.4, -0.2) is 10.6 Å². The van der Waals surface area contributed by atoms with Crippen LogP contribution in [0.3, 0.4) is 0 Å². The molecule has 2 aromatic carbocycles. The Hall–Kier alpha value is -3.41. The Morgan fingerprint density at radius 1 is 1.07 bits per heavy atom. The zero-order chi connectivity index (χ0) is 19.4. The van der Waals surface area contributed by atoms with Crippen LogP contribution in [0, 0.1) is 19.7 Å². The SMILES string of the molecule is Cc1ccc(NC(=O)c2cccn(OCc3ccccc3F)c2=O)cc1C. The first-order valence-electron chi connectivity index (χ1n) is 8.42. The van der Waals surface area contributed by atoms with Gasteiger partial charge in [-0.15, -0.1) is 0 Å². The van der Waals surface area contributed by atoms with Crippen molar-refractivity contribution in [2.45, 2.75) is 20.5 Å². The third-order valence-electron chi connectivity index (χ3n) is 4.24. The Morgan fingerprint density at radius 2 is 1.85 bits per heavy atom. The van der Waals surface area contributed by atoms with E-state index in [0.29, 0.717) is 11.3 Å². The van der Waals surface area contributed by atoms with Crippen LogP contribution in [0.25, 0.3) is 0 Å². The van der Waals surface area contributed by atoms with Crippen molar-refractivity contribution in [1.29, 1.82) is 0 Å². The number of nitrogens with zero attached hydrogens (tertiary/aromatic N) is 1. The largest absolute Gasteiger partial charge is 0.406 e. The van der Waals surface area contributed by atoms with Gasteiger partial charge >= 0.3 is 0 Å². The van der Waals surface area contributed by atoms with E-state index in [2.05, 4.69) is 5.32 Å². The molecule has 0 aliphatic heterocycles. The van der Waals surface area contributed by atoms with Crippen LogP contribution < -0.4 is 15.7 Å². The number of pyridine rings is 1. The Balaban J connectivity index is 1.77. The molecule has 0 aliphatic carbocycles. The summed E-state index contributed by atoms with van der Waals surface area (Å²) in [5.74, 6) is -0.957. The number of rotatable bonds is 5. The highest BCUT2D eigenvalue weighted by Crippen LogP contribution is 2.14. The number of benzene rings is 2. The van der Waals surface area contributed by atoms with Crippen molar-refractivity contribution in [2.24, 2.45) is 0 Å². The van der Waals surface area contributed by atoms with E-state index in [4.69, 9.17) is 4.84 Å². The minimum absolute atomic E-state index is 0.0655. The highest BCUT2D eigenvalue weighted by Gasteiger charge is 2.14. The Morgan fingerprint density at radius 3 is 2.59 bits per heavy atom. The third-order valence-corrected chi connectivity index (χ3v) is 4.24. The fourth-order valence-corrected chi connectivity index (χ4v) is 2.52. The minimum atomic E-state index is -0.616. The zero-order valence-corrected chi connectivity index (χ0v) is 15.0. The minimum Gasteiger partial charge on any atom is -0.406 e. The van der Waals surface area contributed by atoms with Crippen LogP contribution in [0.1, 0.15) is 27.0 Å². The lowest BCUT2D eigenvalue weighted by Gasteiger charge is -2.11. The molecule has 1 N–H and O–H groups in total. The molecule has 1 aromatic heterocycles. The molecule has 3 rings (SSSR count). The summed E-state index contributed by atoms with van der Waals surface area (Å²) in [6.07, 6.45) is 1.38. The molecule has 5 nitrogen and oxygen atoms in total. The van der Waals surface area contributed by atoms with E-state index < -0.39 is 17.3 Å². The van der Waals surface area contributed by atoms with Crippen LogP contribution in [0.4, 0.5) is 10.1 Å². The van der Waals surface area contributed by atoms with Crippen molar-refractivity contribution in [1.82, 2.24) is 4.73 Å². The van der Waals surface area contributed by atoms with Gasteiger partial charge in [0.1, 0.15) is 18.0 Å². The average Bonchev–Trinajstić information content (AvgIpc) is 2.65. The molecule has 0 saturated carbocycles. The number of carbonyl (C=O) groups excluding carboxylic acids is 1. The first-order valence-corrected chi connectivity index (χ1v) is 8.42. The van der Waals surface area contributed by atoms with Gasteiger partial charge < -0.3 is 10.2 Å². The summed E-state index contributed by atoms with van der Waals surface area (Å²) in [6.45, 7) is 3.79. The number of nitrogens with one attached hydrogen (secondary N) is 1. The molecule has 1 heterocycles. The lowest BCUT2D eigenvalue weighted by molar-refractivity contribution is 0.0847. The molecule has 6 heteroatoms. The molecule has 0 fully saturated rings. The normalized spacial score (nSPS) is 10.5. The van der Waals surface area contributed by atoms with Gasteiger partial charge in [-0.25, -0.2) is 4.39 Å². The van der Waals surface area contributed by atoms with Gasteiger partial charge in [-0.1, -0.05) is 24.3 Å². The lowest BCUT2D eigenvalue weighted by atomic mass is 10.1. The summed E-state index contributed by atoms with van der Waals surface area (Å²) in [6, 6.07) is 14.6. The quantitative estimate of drug-likeness (QED) is 0.752. The van der Waals surface area contributed by atoms with Crippen molar-refractivity contribution in [2.75, 3.05) is 5.32 Å². The van der Waals surface area contributed by atoms with Crippen molar-refractivity contribution in [3.63, 3.8) is 0 Å². The molecule has 0 saturated heterocycles. The van der Waals surface area contributed by atoms with Crippen LogP contribution in [-0.2, 0) is 6.61 Å². The maximum atomic E-state index is 13.7. The number of anilines is 1. The van der Waals surface area contributed by atoms with Gasteiger partial charge in [0, 0.05) is 17.4 Å². The van der Waals surface area contributed by atoms with Crippen molar-refractivity contribution in [3.8, 4) is 0 Å². The van der Waals surface area contributed by atoms with Gasteiger partial charge in [0.05, 0.1) is 0 Å². The van der Waals surface area contributed by atoms with E-state index in [1.54, 1.807) is 24.3 Å². The van der Waals surface area contributed by atoms with Gasteiger partial charge in [0.15, 0.2) is 0 Å². The number of carbonyl (C=O) groups is 1. The molecule has 3 aromatic rings. The van der Waals surface area contributed by atoms with Crippen LogP contribution in [0.15, 0.2) is 65.6 Å². The molecule has 1 amide bonds. The number of hydrogen-bond donors (Lipinski definition) is 1. The first-order chi connectivity index (χ1) is 13.0. The molecule has 0 aliphatic rings. The van der Waals surface area contributed by atoms with Gasteiger partial charge in [0.2, 0.25) is 0 Å². The molecule has 0 bridgehead atoms. The fraction of sp³-hybridized carbons (Fsp3) is 0.143. The highest BCUT2D eigenvalue weighted by molar-refractivity contribution is 6.04. The second kappa shape index (κ2) is 7.86. The topological polar surface area (TPSA) is 60.3 Å². The standard InChI is InChI=1S/C21H19FN2O3/c1-14-9-10-17(12-15(14)2)23-20(25)18-7-5-11-24(21(18)26)27-13-16-6-3-4-8-19(16)22/h3-12H,13H2,1-2H3,(H,23,25). The van der Waals surface area contributed by atoms with E-state index in [1.807, 2.05) is 26.0 Å². The number of aryl methyl sites for hydroxylation is 2. The van der Waals surface area contributed by atoms with Gasteiger partial charge in [0.25, 0.3) is 11.5 Å². The van der Waals surface area contributed by atoms with Gasteiger partial charge in [-0.2, -0.15) is 4.73 Å². The van der Waals surface area contributed by atoms with E-state index >= 15 is 0 Å². The summed E-state index contributed by atoms with van der Waals surface area (Å²) in [4.78, 5) is 30.3. The molecule has 138 valence electrons. The average molecular weight is 366 g/mol. The number of aromatic nitrogens is 1. The monoisotopic (exact) mass is 366 g/mol. The second-order valence-corrected chi connectivity index (χ2v) is 6.17. The van der Waals surface area contributed by atoms with Crippen molar-refractivity contribution < 1.29 is 14.0 Å². The van der Waals surface area contributed by atoms with Crippen LogP contribution in [0.5, 0.6) is 0 Å². The molecular weight excluding hydrogens is 347 g/mol. The molecule has 0 atom stereocenters. The lowest BCUT2D eigenvalue weighted by Crippen LogP contribution is -2.32. The summed E-state index contributed by atoms with van der Waals surface area (Å²) >= 11 is 0. The predicted molar refractivity (Wildman–Crippen MR) is 101 cm³/mol. The molecule has 0 unspecified atom stereocenters. The third kappa shape index (κ3) is 4.23. The highest BCUT2D eigenvalue weighted by atomic mass is 19.1. The van der Waals surface area contributed by atoms with Crippen molar-refractivity contribution >= 4 is 11.6 Å². The van der Waals surface area contributed by atoms with Crippen LogP contribution in [0.2, 0.25) is 0 Å². The van der Waals surface area contributed by atoms with E-state index in [1.165, 1.54) is 24.4 Å². The van der Waals surface area contributed by atoms with Gasteiger partial charge in [-0.3, -0.25) is 9.59 Å². The molecular formula is C21H19FN2O3. The first kappa shape index (κ1) is 18.4. The van der Waals surface area contributed by atoms with E-state index in [9.17, 15) is 14.0 Å². The summed E-state index contributed by atoms with van der Waals surface area (Å²) in [7, 11) is 0. The van der Waals surface area contributed by atoms with E-state index in [-0.39, 0.29) is 12.2 Å². The number of amides is 1. The Kier molecular flexibility index (Phi) is 5.35. The molecule has 0 spiro atoms. The van der Waals surface area contributed by atoms with E-state index in [0.717, 1.165) is 15.9 Å². The van der Waals surface area contributed by atoms with Crippen molar-refractivity contribution in [3.05, 3.63) is 99.2 Å². The molecule has 27 heavy (non-hydrogen) atoms. The maximum Gasteiger partial charge on any atom is 0.295 e. The fourth-order valence-electron chi connectivity index (χ4n) is 2.52. The summed E-state index contributed by atoms with van der Waals surface area (Å²) in [5.41, 5.74) is 2.38. The second-order valence-electron chi connectivity index (χ2n) is 6.17. The zero-order valence-electron chi connectivity index (χ0n) is 15.0. The predicted octanol–water partition coefficient (Wildman–Crippen LogP) is 3.49. The number of halogens is 1.